The lowest BCUT2D eigenvalue weighted by atomic mass is 10.2. The average Bonchev–Trinajstić information content (AvgIpc) is 2.16. The number of aromatic nitrogens is 2. The van der Waals surface area contributed by atoms with E-state index in [4.69, 9.17) is 4.74 Å². The molecule has 1 aromatic carbocycles. The van der Waals surface area contributed by atoms with Gasteiger partial charge in [-0.05, 0) is 50.7 Å². The molecule has 0 aliphatic heterocycles. The van der Waals surface area contributed by atoms with Crippen LogP contribution in [-0.4, -0.2) is 17.1 Å². The topological polar surface area (TPSA) is 35.0 Å². The fourth-order valence-electron chi connectivity index (χ4n) is 1.23. The Balaban J connectivity index is 2.88. The van der Waals surface area contributed by atoms with Crippen LogP contribution in [0.15, 0.2) is 22.9 Å². The van der Waals surface area contributed by atoms with Crippen molar-refractivity contribution in [2.24, 2.45) is 0 Å². The van der Waals surface area contributed by atoms with Crippen LogP contribution in [0.25, 0.3) is 10.9 Å². The van der Waals surface area contributed by atoms with Crippen LogP contribution in [-0.2, 0) is 0 Å². The van der Waals surface area contributed by atoms with E-state index < -0.39 is 0 Å². The summed E-state index contributed by atoms with van der Waals surface area (Å²) in [6.07, 6.45) is 0. The largest absolute Gasteiger partial charge is 0.480 e. The first-order chi connectivity index (χ1) is 6.72. The molecule has 0 radical (unpaired) electrons. The molecule has 5 heteroatoms. The minimum Gasteiger partial charge on any atom is -0.480 e. The Labute approximate surface area is 103 Å². The molecule has 2 aromatic rings. The van der Waals surface area contributed by atoms with E-state index in [0.29, 0.717) is 10.6 Å². The molecule has 0 spiro atoms. The van der Waals surface area contributed by atoms with Gasteiger partial charge in [-0.1, -0.05) is 6.07 Å². The minimum absolute atomic E-state index is 0.545. The van der Waals surface area contributed by atoms with Crippen LogP contribution in [0.5, 0.6) is 5.88 Å². The third-order valence-corrected chi connectivity index (χ3v) is 3.06. The summed E-state index contributed by atoms with van der Waals surface area (Å²) in [7, 11) is 1.61. The molecule has 0 atom stereocenters. The zero-order valence-electron chi connectivity index (χ0n) is 7.29. The number of benzene rings is 1. The third kappa shape index (κ3) is 1.70. The Morgan fingerprint density at radius 2 is 2.14 bits per heavy atom. The summed E-state index contributed by atoms with van der Waals surface area (Å²) in [5.41, 5.74) is 0.885. The summed E-state index contributed by atoms with van der Waals surface area (Å²) in [5.74, 6) is 0.604. The molecule has 0 bridgehead atoms. The van der Waals surface area contributed by atoms with Crippen molar-refractivity contribution < 1.29 is 4.74 Å². The molecule has 3 nitrogen and oxygen atoms in total. The molecule has 0 unspecified atom stereocenters. The van der Waals surface area contributed by atoms with Gasteiger partial charge in [-0.25, -0.2) is 4.98 Å². The van der Waals surface area contributed by atoms with E-state index in [1.165, 1.54) is 0 Å². The van der Waals surface area contributed by atoms with Gasteiger partial charge in [-0.2, -0.15) is 4.98 Å². The third-order valence-electron chi connectivity index (χ3n) is 1.81. The summed E-state index contributed by atoms with van der Waals surface area (Å²) in [6.45, 7) is 0. The lowest BCUT2D eigenvalue weighted by Crippen LogP contribution is -1.94. The van der Waals surface area contributed by atoms with Crippen molar-refractivity contribution in [2.75, 3.05) is 7.11 Å². The average molecular weight is 365 g/mol. The van der Waals surface area contributed by atoms with Crippen LogP contribution < -0.4 is 4.74 Å². The normalized spacial score (nSPS) is 10.5. The lowest BCUT2D eigenvalue weighted by Gasteiger charge is -2.05. The smallest absolute Gasteiger partial charge is 0.226 e. The molecule has 1 heterocycles. The molecule has 0 fully saturated rings. The first kappa shape index (κ1) is 10.1. The predicted octanol–water partition coefficient (Wildman–Crippen LogP) is 3.01. The highest BCUT2D eigenvalue weighted by molar-refractivity contribution is 14.1. The highest BCUT2D eigenvalue weighted by atomic mass is 127. The van der Waals surface area contributed by atoms with Crippen molar-refractivity contribution in [3.05, 3.63) is 26.5 Å². The SMILES string of the molecule is COc1nc(Br)nc2cccc(I)c12. The van der Waals surface area contributed by atoms with Crippen molar-refractivity contribution in [1.29, 1.82) is 0 Å². The van der Waals surface area contributed by atoms with Gasteiger partial charge < -0.3 is 4.74 Å². The van der Waals surface area contributed by atoms with Gasteiger partial charge in [0.15, 0.2) is 0 Å². The van der Waals surface area contributed by atoms with Crippen LogP contribution >= 0.6 is 38.5 Å². The highest BCUT2D eigenvalue weighted by Crippen LogP contribution is 2.28. The van der Waals surface area contributed by atoms with E-state index in [1.807, 2.05) is 18.2 Å². The second-order valence-corrected chi connectivity index (χ2v) is 4.51. The Morgan fingerprint density at radius 3 is 2.86 bits per heavy atom. The highest BCUT2D eigenvalue weighted by Gasteiger charge is 2.08. The number of hydrogen-bond acceptors (Lipinski definition) is 3. The number of halogens is 2. The summed E-state index contributed by atoms with van der Waals surface area (Å²) in [6, 6.07) is 5.90. The van der Waals surface area contributed by atoms with Crippen LogP contribution in [0.1, 0.15) is 0 Å². The molecule has 2 rings (SSSR count). The number of rotatable bonds is 1. The van der Waals surface area contributed by atoms with Gasteiger partial charge in [0.2, 0.25) is 10.6 Å². The van der Waals surface area contributed by atoms with E-state index in [-0.39, 0.29) is 0 Å². The summed E-state index contributed by atoms with van der Waals surface area (Å²) < 4.78 is 6.84. The van der Waals surface area contributed by atoms with Gasteiger partial charge in [0.25, 0.3) is 0 Å². The van der Waals surface area contributed by atoms with E-state index in [9.17, 15) is 0 Å². The maximum Gasteiger partial charge on any atom is 0.226 e. The molecular weight excluding hydrogens is 359 g/mol. The molecular formula is C9H6BrIN2O. The Morgan fingerprint density at radius 1 is 1.36 bits per heavy atom. The van der Waals surface area contributed by atoms with E-state index in [2.05, 4.69) is 48.5 Å². The molecule has 14 heavy (non-hydrogen) atoms. The zero-order valence-corrected chi connectivity index (χ0v) is 11.0. The molecule has 0 N–H and O–H groups in total. The van der Waals surface area contributed by atoms with Crippen LogP contribution in [0.2, 0.25) is 0 Å². The first-order valence-corrected chi connectivity index (χ1v) is 5.75. The fourth-order valence-corrected chi connectivity index (χ4v) is 2.30. The number of hydrogen-bond donors (Lipinski definition) is 0. The van der Waals surface area contributed by atoms with Crippen LogP contribution in [0.4, 0.5) is 0 Å². The van der Waals surface area contributed by atoms with Gasteiger partial charge in [0.1, 0.15) is 0 Å². The van der Waals surface area contributed by atoms with Gasteiger partial charge in [-0.15, -0.1) is 0 Å². The van der Waals surface area contributed by atoms with Gasteiger partial charge in [0, 0.05) is 3.57 Å². The predicted molar refractivity (Wildman–Crippen MR) is 66.5 cm³/mol. The standard InChI is InChI=1S/C9H6BrIN2O/c1-14-8-7-5(11)3-2-4-6(7)12-9(10)13-8/h2-4H,1H3. The van der Waals surface area contributed by atoms with Crippen molar-refractivity contribution >= 4 is 49.4 Å². The van der Waals surface area contributed by atoms with E-state index >= 15 is 0 Å². The number of methoxy groups -OCH3 is 1. The quantitative estimate of drug-likeness (QED) is 0.576. The van der Waals surface area contributed by atoms with Crippen molar-refractivity contribution in [1.82, 2.24) is 9.97 Å². The second-order valence-electron chi connectivity index (χ2n) is 2.64. The number of ether oxygens (including phenoxy) is 1. The summed E-state index contributed by atoms with van der Waals surface area (Å²) in [4.78, 5) is 8.43. The van der Waals surface area contributed by atoms with E-state index in [1.54, 1.807) is 7.11 Å². The maximum atomic E-state index is 5.20. The van der Waals surface area contributed by atoms with Gasteiger partial charge in [-0.3, -0.25) is 0 Å². The zero-order chi connectivity index (χ0) is 10.1. The summed E-state index contributed by atoms with van der Waals surface area (Å²) in [5, 5.41) is 0.957. The summed E-state index contributed by atoms with van der Waals surface area (Å²) >= 11 is 5.49. The Hall–Kier alpha value is -0.430. The molecule has 72 valence electrons. The number of nitrogens with zero attached hydrogens (tertiary/aromatic N) is 2. The lowest BCUT2D eigenvalue weighted by molar-refractivity contribution is 0.401. The van der Waals surface area contributed by atoms with Crippen molar-refractivity contribution in [2.45, 2.75) is 0 Å². The van der Waals surface area contributed by atoms with Gasteiger partial charge in [0.05, 0.1) is 18.0 Å². The first-order valence-electron chi connectivity index (χ1n) is 3.88. The van der Waals surface area contributed by atoms with Crippen molar-refractivity contribution in [3.8, 4) is 5.88 Å². The second kappa shape index (κ2) is 3.98. The monoisotopic (exact) mass is 364 g/mol. The van der Waals surface area contributed by atoms with E-state index in [0.717, 1.165) is 14.5 Å². The molecule has 0 amide bonds. The van der Waals surface area contributed by atoms with Crippen molar-refractivity contribution in [3.63, 3.8) is 0 Å². The minimum atomic E-state index is 0.545. The fraction of sp³-hybridized carbons (Fsp3) is 0.111. The van der Waals surface area contributed by atoms with Gasteiger partial charge >= 0.3 is 0 Å². The Bertz CT molecular complexity index is 489. The molecule has 0 aliphatic carbocycles. The molecule has 0 saturated heterocycles. The van der Waals surface area contributed by atoms with Crippen LogP contribution in [0.3, 0.4) is 0 Å². The molecule has 1 aromatic heterocycles. The molecule has 0 aliphatic rings. The number of fused-ring (bicyclic) bond motifs is 1. The van der Waals surface area contributed by atoms with Crippen LogP contribution in [0, 0.1) is 3.57 Å². The molecule has 0 saturated carbocycles. The maximum absolute atomic E-state index is 5.20. The Kier molecular flexibility index (Phi) is 2.87.